The molecule has 0 radical (unpaired) electrons. The van der Waals surface area contributed by atoms with Gasteiger partial charge in [0.1, 0.15) is 10.8 Å². The van der Waals surface area contributed by atoms with Crippen LogP contribution in [0.25, 0.3) is 0 Å². The van der Waals surface area contributed by atoms with Crippen LogP contribution in [0.2, 0.25) is 10.2 Å². The molecule has 2 heterocycles. The number of piperidine rings is 1. The van der Waals surface area contributed by atoms with E-state index >= 15 is 0 Å². The molecule has 3 N–H and O–H groups in total. The van der Waals surface area contributed by atoms with Crippen molar-refractivity contribution >= 4 is 29.1 Å². The van der Waals surface area contributed by atoms with Crippen LogP contribution in [0.4, 0.5) is 0 Å². The second-order valence-corrected chi connectivity index (χ2v) is 5.50. The number of carbonyl (C=O) groups excluding carboxylic acids is 1. The number of carbonyl (C=O) groups is 1. The van der Waals surface area contributed by atoms with Gasteiger partial charge in [-0.2, -0.15) is 0 Å². The van der Waals surface area contributed by atoms with Gasteiger partial charge in [0.2, 0.25) is 0 Å². The first kappa shape index (κ1) is 13.7. The van der Waals surface area contributed by atoms with Crippen molar-refractivity contribution in [1.82, 2.24) is 9.88 Å². The Labute approximate surface area is 116 Å². The maximum absolute atomic E-state index is 12.3. The van der Waals surface area contributed by atoms with E-state index in [1.165, 1.54) is 0 Å². The third-order valence-electron chi connectivity index (χ3n) is 3.56. The molecule has 2 atom stereocenters. The molecule has 1 saturated heterocycles. The summed E-state index contributed by atoms with van der Waals surface area (Å²) in [6.07, 6.45) is 1.82. The molecule has 0 aromatic carbocycles. The number of aromatic amines is 1. The van der Waals surface area contributed by atoms with Gasteiger partial charge in [-0.3, -0.25) is 4.79 Å². The average molecular weight is 290 g/mol. The fraction of sp³-hybridized carbons (Fsp3) is 0.583. The number of nitrogens with two attached hydrogens (primary N) is 1. The number of nitrogens with one attached hydrogen (secondary N) is 1. The molecule has 6 heteroatoms. The molecule has 2 rings (SSSR count). The van der Waals surface area contributed by atoms with Crippen LogP contribution < -0.4 is 5.73 Å². The maximum Gasteiger partial charge on any atom is 0.270 e. The molecular weight excluding hydrogens is 273 g/mol. The van der Waals surface area contributed by atoms with Crippen LogP contribution in [-0.2, 0) is 0 Å². The minimum atomic E-state index is -0.0610. The highest BCUT2D eigenvalue weighted by Gasteiger charge is 2.29. The smallest absolute Gasteiger partial charge is 0.270 e. The van der Waals surface area contributed by atoms with Crippen molar-refractivity contribution in [3.63, 3.8) is 0 Å². The zero-order valence-electron chi connectivity index (χ0n) is 10.2. The number of H-pyrrole nitrogens is 1. The van der Waals surface area contributed by atoms with Crippen molar-refractivity contribution in [1.29, 1.82) is 0 Å². The Bertz CT molecular complexity index is 427. The number of halogens is 2. The van der Waals surface area contributed by atoms with E-state index in [0.717, 1.165) is 12.8 Å². The molecule has 0 saturated carbocycles. The van der Waals surface area contributed by atoms with E-state index in [1.54, 1.807) is 6.07 Å². The van der Waals surface area contributed by atoms with Crippen molar-refractivity contribution in [3.05, 3.63) is 21.9 Å². The Balaban J connectivity index is 2.10. The molecule has 1 amide bonds. The van der Waals surface area contributed by atoms with E-state index in [2.05, 4.69) is 11.9 Å². The normalized spacial score (nSPS) is 24.3. The van der Waals surface area contributed by atoms with Gasteiger partial charge in [0, 0.05) is 19.1 Å². The molecule has 0 bridgehead atoms. The average Bonchev–Trinajstić information content (AvgIpc) is 2.69. The highest BCUT2D eigenvalue weighted by Crippen LogP contribution is 2.25. The van der Waals surface area contributed by atoms with E-state index in [4.69, 9.17) is 28.9 Å². The van der Waals surface area contributed by atoms with Crippen molar-refractivity contribution in [3.8, 4) is 0 Å². The van der Waals surface area contributed by atoms with Crippen LogP contribution in [0.5, 0.6) is 0 Å². The van der Waals surface area contributed by atoms with Gasteiger partial charge < -0.3 is 15.6 Å². The van der Waals surface area contributed by atoms with Gasteiger partial charge in [-0.25, -0.2) is 0 Å². The Kier molecular flexibility index (Phi) is 4.20. The topological polar surface area (TPSA) is 62.1 Å². The summed E-state index contributed by atoms with van der Waals surface area (Å²) in [6.45, 7) is 3.48. The number of nitrogens with zero attached hydrogens (tertiary/aromatic N) is 1. The highest BCUT2D eigenvalue weighted by atomic mass is 35.5. The molecular formula is C12H17Cl2N3O. The Morgan fingerprint density at radius 3 is 2.89 bits per heavy atom. The summed E-state index contributed by atoms with van der Waals surface area (Å²) in [7, 11) is 0. The number of rotatable bonds is 2. The monoisotopic (exact) mass is 289 g/mol. The zero-order chi connectivity index (χ0) is 13.3. The van der Waals surface area contributed by atoms with Gasteiger partial charge in [-0.15, -0.1) is 0 Å². The van der Waals surface area contributed by atoms with Gasteiger partial charge in [0.05, 0.1) is 5.02 Å². The largest absolute Gasteiger partial charge is 0.340 e. The molecule has 1 aromatic heterocycles. The summed E-state index contributed by atoms with van der Waals surface area (Å²) >= 11 is 11.7. The van der Waals surface area contributed by atoms with Crippen molar-refractivity contribution < 1.29 is 4.79 Å². The van der Waals surface area contributed by atoms with Crippen molar-refractivity contribution in [2.24, 2.45) is 11.7 Å². The van der Waals surface area contributed by atoms with Gasteiger partial charge in [-0.05, 0) is 18.4 Å². The SMILES string of the molecule is CCC1CN(C(=O)c2cc(Cl)c(Cl)[nH]2)CCC1N. The Hall–Kier alpha value is -0.710. The second-order valence-electron chi connectivity index (χ2n) is 4.72. The summed E-state index contributed by atoms with van der Waals surface area (Å²) in [5, 5.41) is 0.682. The molecule has 100 valence electrons. The Morgan fingerprint density at radius 1 is 1.61 bits per heavy atom. The third-order valence-corrected chi connectivity index (χ3v) is 4.25. The molecule has 1 fully saturated rings. The van der Waals surface area contributed by atoms with Gasteiger partial charge >= 0.3 is 0 Å². The summed E-state index contributed by atoms with van der Waals surface area (Å²) in [6, 6.07) is 1.76. The molecule has 2 unspecified atom stereocenters. The first-order chi connectivity index (χ1) is 8.52. The van der Waals surface area contributed by atoms with Gasteiger partial charge in [-0.1, -0.05) is 36.5 Å². The molecule has 0 spiro atoms. The molecule has 1 aliphatic heterocycles. The predicted octanol–water partition coefficient (Wildman–Crippen LogP) is 2.52. The van der Waals surface area contributed by atoms with Crippen LogP contribution in [0.3, 0.4) is 0 Å². The summed E-state index contributed by atoms with van der Waals surface area (Å²) in [5.74, 6) is 0.303. The first-order valence-corrected chi connectivity index (χ1v) is 6.87. The summed E-state index contributed by atoms with van der Waals surface area (Å²) < 4.78 is 0. The summed E-state index contributed by atoms with van der Waals surface area (Å²) in [4.78, 5) is 16.9. The molecule has 18 heavy (non-hydrogen) atoms. The maximum atomic E-state index is 12.3. The van der Waals surface area contributed by atoms with E-state index < -0.39 is 0 Å². The van der Waals surface area contributed by atoms with E-state index in [1.807, 2.05) is 4.90 Å². The predicted molar refractivity (Wildman–Crippen MR) is 73.1 cm³/mol. The number of aromatic nitrogens is 1. The highest BCUT2D eigenvalue weighted by molar-refractivity contribution is 6.41. The van der Waals surface area contributed by atoms with Crippen LogP contribution in [0.1, 0.15) is 30.3 Å². The van der Waals surface area contributed by atoms with E-state index in [-0.39, 0.29) is 11.9 Å². The van der Waals surface area contributed by atoms with E-state index in [0.29, 0.717) is 34.9 Å². The number of likely N-dealkylation sites (tertiary alicyclic amines) is 1. The fourth-order valence-corrected chi connectivity index (χ4v) is 2.67. The summed E-state index contributed by atoms with van der Waals surface area (Å²) in [5.41, 5.74) is 6.47. The molecule has 1 aliphatic rings. The number of hydrogen-bond donors (Lipinski definition) is 2. The lowest BCUT2D eigenvalue weighted by Gasteiger charge is -2.36. The molecule has 0 aliphatic carbocycles. The fourth-order valence-electron chi connectivity index (χ4n) is 2.36. The lowest BCUT2D eigenvalue weighted by atomic mass is 9.90. The van der Waals surface area contributed by atoms with Crippen LogP contribution >= 0.6 is 23.2 Å². The number of amides is 1. The van der Waals surface area contributed by atoms with Crippen molar-refractivity contribution in [2.75, 3.05) is 13.1 Å². The second kappa shape index (κ2) is 5.51. The first-order valence-electron chi connectivity index (χ1n) is 6.11. The quantitative estimate of drug-likeness (QED) is 0.879. The minimum Gasteiger partial charge on any atom is -0.340 e. The third kappa shape index (κ3) is 2.66. The van der Waals surface area contributed by atoms with Gasteiger partial charge in [0.15, 0.2) is 0 Å². The Morgan fingerprint density at radius 2 is 2.33 bits per heavy atom. The van der Waals surface area contributed by atoms with Crippen molar-refractivity contribution in [2.45, 2.75) is 25.8 Å². The molecule has 1 aromatic rings. The van der Waals surface area contributed by atoms with E-state index in [9.17, 15) is 4.79 Å². The molecule has 4 nitrogen and oxygen atoms in total. The lowest BCUT2D eigenvalue weighted by Crippen LogP contribution is -2.49. The van der Waals surface area contributed by atoms with Gasteiger partial charge in [0.25, 0.3) is 5.91 Å². The zero-order valence-corrected chi connectivity index (χ0v) is 11.8. The standard InChI is InChI=1S/C12H17Cl2N3O/c1-2-7-6-17(4-3-9(7)15)12(18)10-5-8(13)11(14)16-10/h5,7,9,16H,2-4,6,15H2,1H3. The lowest BCUT2D eigenvalue weighted by molar-refractivity contribution is 0.0644. The minimum absolute atomic E-state index is 0.0610. The number of hydrogen-bond acceptors (Lipinski definition) is 2. The van der Waals surface area contributed by atoms with Crippen LogP contribution in [-0.4, -0.2) is 34.9 Å². The van der Waals surface area contributed by atoms with Crippen LogP contribution in [0, 0.1) is 5.92 Å². The van der Waals surface area contributed by atoms with Crippen LogP contribution in [0.15, 0.2) is 6.07 Å².